The van der Waals surface area contributed by atoms with Crippen LogP contribution < -0.4 is 4.90 Å². The lowest BCUT2D eigenvalue weighted by Gasteiger charge is -2.37. The van der Waals surface area contributed by atoms with Crippen molar-refractivity contribution in [1.29, 1.82) is 0 Å². The third kappa shape index (κ3) is 4.60. The van der Waals surface area contributed by atoms with Crippen LogP contribution in [0.4, 0.5) is 19.3 Å². The first kappa shape index (κ1) is 21.3. The van der Waals surface area contributed by atoms with Crippen LogP contribution in [-0.4, -0.2) is 72.0 Å². The van der Waals surface area contributed by atoms with Gasteiger partial charge in [-0.3, -0.25) is 4.79 Å². The Morgan fingerprint density at radius 3 is 2.21 bits per heavy atom. The number of carbonyl (C=O) groups is 2. The first-order valence-electron chi connectivity index (χ1n) is 9.72. The summed E-state index contributed by atoms with van der Waals surface area (Å²) in [5.74, 6) is -2.45. The number of benzene rings is 1. The average molecular weight is 411 g/mol. The largest absolute Gasteiger partial charge is 0.444 e. The fraction of sp³-hybridized carbons (Fsp3) is 0.600. The number of aliphatic hydroxyl groups is 1. The minimum atomic E-state index is -0.735. The molecule has 2 aliphatic rings. The number of nitrogens with zero attached hydrogens (tertiary/aromatic N) is 3. The highest BCUT2D eigenvalue weighted by Gasteiger charge is 2.34. The molecule has 29 heavy (non-hydrogen) atoms. The molecular formula is C20H27F2N3O4. The fourth-order valence-corrected chi connectivity index (χ4v) is 3.72. The first-order valence-corrected chi connectivity index (χ1v) is 9.72. The topological polar surface area (TPSA) is 73.3 Å². The highest BCUT2D eigenvalue weighted by molar-refractivity contribution is 5.85. The van der Waals surface area contributed by atoms with Crippen LogP contribution in [-0.2, 0) is 9.53 Å². The van der Waals surface area contributed by atoms with Crippen LogP contribution in [0.25, 0.3) is 0 Å². The number of hydrogen-bond acceptors (Lipinski definition) is 5. The number of anilines is 1. The first-order chi connectivity index (χ1) is 13.6. The average Bonchev–Trinajstić information content (AvgIpc) is 3.00. The summed E-state index contributed by atoms with van der Waals surface area (Å²) in [7, 11) is 0. The Morgan fingerprint density at radius 2 is 1.72 bits per heavy atom. The molecule has 2 aliphatic heterocycles. The van der Waals surface area contributed by atoms with Gasteiger partial charge in [-0.25, -0.2) is 13.6 Å². The van der Waals surface area contributed by atoms with E-state index in [4.69, 9.17) is 9.84 Å². The van der Waals surface area contributed by atoms with Gasteiger partial charge in [0, 0.05) is 32.7 Å². The second-order valence-electron chi connectivity index (χ2n) is 8.37. The second kappa shape index (κ2) is 8.14. The predicted octanol–water partition coefficient (Wildman–Crippen LogP) is 2.29. The zero-order chi connectivity index (χ0) is 21.3. The van der Waals surface area contributed by atoms with Gasteiger partial charge in [-0.15, -0.1) is 0 Å². The zero-order valence-corrected chi connectivity index (χ0v) is 17.0. The van der Waals surface area contributed by atoms with Gasteiger partial charge in [0.15, 0.2) is 0 Å². The van der Waals surface area contributed by atoms with Crippen LogP contribution in [0.2, 0.25) is 0 Å². The van der Waals surface area contributed by atoms with Crippen LogP contribution in [0.5, 0.6) is 0 Å². The Morgan fingerprint density at radius 1 is 1.14 bits per heavy atom. The lowest BCUT2D eigenvalue weighted by atomic mass is 9.96. The number of rotatable bonds is 3. The van der Waals surface area contributed by atoms with Crippen molar-refractivity contribution in [2.45, 2.75) is 38.7 Å². The van der Waals surface area contributed by atoms with E-state index in [1.807, 2.05) is 0 Å². The van der Waals surface area contributed by atoms with Crippen molar-refractivity contribution in [2.75, 3.05) is 44.4 Å². The summed E-state index contributed by atoms with van der Waals surface area (Å²) in [6.07, 6.45) is -0.0340. The Hall–Kier alpha value is -2.42. The van der Waals surface area contributed by atoms with Gasteiger partial charge >= 0.3 is 6.09 Å². The number of aliphatic hydroxyl groups excluding tert-OH is 1. The lowest BCUT2D eigenvalue weighted by Crippen LogP contribution is -2.50. The van der Waals surface area contributed by atoms with E-state index in [1.54, 1.807) is 25.7 Å². The van der Waals surface area contributed by atoms with E-state index in [-0.39, 0.29) is 30.2 Å². The molecule has 160 valence electrons. The molecule has 1 aromatic rings. The van der Waals surface area contributed by atoms with Gasteiger partial charge in [0.25, 0.3) is 0 Å². The third-order valence-electron chi connectivity index (χ3n) is 5.16. The van der Waals surface area contributed by atoms with Crippen LogP contribution in [0.3, 0.4) is 0 Å². The SMILES string of the molecule is CC(C)(C)OC(=O)N1CCN(c2c(F)cc([C@H]3CCN(CO)C3=O)cc2F)CC1. The van der Waals surface area contributed by atoms with Crippen molar-refractivity contribution in [2.24, 2.45) is 0 Å². The van der Waals surface area contributed by atoms with Crippen LogP contribution >= 0.6 is 0 Å². The van der Waals surface area contributed by atoms with E-state index >= 15 is 0 Å². The number of hydrogen-bond donors (Lipinski definition) is 1. The standard InChI is InChI=1S/C20H27F2N3O4/c1-20(2,3)29-19(28)24-8-6-23(7-9-24)17-15(21)10-13(11-16(17)22)14-4-5-25(12-26)18(14)27/h10-11,14,26H,4-9,12H2,1-3H3/t14-/m1/s1. The summed E-state index contributed by atoms with van der Waals surface area (Å²) in [5, 5.41) is 9.16. The van der Waals surface area contributed by atoms with E-state index in [2.05, 4.69) is 0 Å². The lowest BCUT2D eigenvalue weighted by molar-refractivity contribution is -0.131. The summed E-state index contributed by atoms with van der Waals surface area (Å²) in [6.45, 7) is 6.43. The smallest absolute Gasteiger partial charge is 0.410 e. The Labute approximate surface area is 168 Å². The normalized spacial score (nSPS) is 20.4. The molecule has 7 nitrogen and oxygen atoms in total. The molecule has 1 N–H and O–H groups in total. The molecule has 0 radical (unpaired) electrons. The second-order valence-corrected chi connectivity index (χ2v) is 8.37. The maximum absolute atomic E-state index is 14.8. The van der Waals surface area contributed by atoms with E-state index < -0.39 is 36.0 Å². The van der Waals surface area contributed by atoms with E-state index in [0.29, 0.717) is 26.1 Å². The Balaban J connectivity index is 1.70. The van der Waals surface area contributed by atoms with Crippen LogP contribution in [0.15, 0.2) is 12.1 Å². The molecule has 2 heterocycles. The van der Waals surface area contributed by atoms with Gasteiger partial charge in [0.05, 0.1) is 5.92 Å². The monoisotopic (exact) mass is 411 g/mol. The molecule has 0 spiro atoms. The molecule has 2 fully saturated rings. The van der Waals surface area contributed by atoms with E-state index in [1.165, 1.54) is 21.9 Å². The van der Waals surface area contributed by atoms with E-state index in [9.17, 15) is 18.4 Å². The van der Waals surface area contributed by atoms with Gasteiger partial charge in [0.1, 0.15) is 29.7 Å². The molecule has 0 saturated carbocycles. The van der Waals surface area contributed by atoms with Gasteiger partial charge in [0.2, 0.25) is 5.91 Å². The van der Waals surface area contributed by atoms with Crippen molar-refractivity contribution in [3.63, 3.8) is 0 Å². The van der Waals surface area contributed by atoms with Crippen molar-refractivity contribution >= 4 is 17.7 Å². The Kier molecular flexibility index (Phi) is 5.97. The van der Waals surface area contributed by atoms with Crippen LogP contribution in [0, 0.1) is 11.6 Å². The number of amides is 2. The molecule has 2 saturated heterocycles. The molecule has 0 aromatic heterocycles. The minimum Gasteiger partial charge on any atom is -0.444 e. The summed E-state index contributed by atoms with van der Waals surface area (Å²) < 4.78 is 34.9. The molecule has 1 atom stereocenters. The molecule has 0 aliphatic carbocycles. The molecule has 0 bridgehead atoms. The Bertz CT molecular complexity index is 765. The number of ether oxygens (including phenoxy) is 1. The summed E-state index contributed by atoms with van der Waals surface area (Å²) in [6, 6.07) is 2.39. The zero-order valence-electron chi connectivity index (χ0n) is 17.0. The molecule has 3 rings (SSSR count). The number of halogens is 2. The van der Waals surface area contributed by atoms with Gasteiger partial charge < -0.3 is 24.5 Å². The van der Waals surface area contributed by atoms with Gasteiger partial charge in [-0.05, 0) is 44.9 Å². The summed E-state index contributed by atoms with van der Waals surface area (Å²) in [4.78, 5) is 28.7. The maximum atomic E-state index is 14.8. The summed E-state index contributed by atoms with van der Waals surface area (Å²) >= 11 is 0. The highest BCUT2D eigenvalue weighted by Crippen LogP contribution is 2.33. The fourth-order valence-electron chi connectivity index (χ4n) is 3.72. The van der Waals surface area contributed by atoms with Crippen molar-refractivity contribution in [3.05, 3.63) is 29.3 Å². The highest BCUT2D eigenvalue weighted by atomic mass is 19.1. The van der Waals surface area contributed by atoms with Gasteiger partial charge in [-0.2, -0.15) is 0 Å². The number of carbonyl (C=O) groups excluding carboxylic acids is 2. The number of likely N-dealkylation sites (tertiary alicyclic amines) is 1. The molecule has 2 amide bonds. The van der Waals surface area contributed by atoms with Gasteiger partial charge in [-0.1, -0.05) is 0 Å². The van der Waals surface area contributed by atoms with Crippen molar-refractivity contribution in [3.8, 4) is 0 Å². The molecule has 9 heteroatoms. The molecule has 1 aromatic carbocycles. The summed E-state index contributed by atoms with van der Waals surface area (Å²) in [5.41, 5.74) is -0.481. The van der Waals surface area contributed by atoms with Crippen LogP contribution in [0.1, 0.15) is 38.7 Å². The quantitative estimate of drug-likeness (QED) is 0.826. The number of piperazine rings is 1. The third-order valence-corrected chi connectivity index (χ3v) is 5.16. The molecule has 0 unspecified atom stereocenters. The van der Waals surface area contributed by atoms with Crippen molar-refractivity contribution < 1.29 is 28.2 Å². The maximum Gasteiger partial charge on any atom is 0.410 e. The van der Waals surface area contributed by atoms with Crippen molar-refractivity contribution in [1.82, 2.24) is 9.80 Å². The van der Waals surface area contributed by atoms with E-state index in [0.717, 1.165) is 0 Å². The molecular weight excluding hydrogens is 384 g/mol. The predicted molar refractivity (Wildman–Crippen MR) is 103 cm³/mol. The minimum absolute atomic E-state index is 0.151.